The molecule has 8 heteroatoms. The molecule has 0 saturated carbocycles. The number of halogens is 1. The molecule has 0 amide bonds. The van der Waals surface area contributed by atoms with Gasteiger partial charge in [-0.05, 0) is 42.0 Å². The van der Waals surface area contributed by atoms with Gasteiger partial charge in [0, 0.05) is 18.6 Å². The Balaban J connectivity index is 1.71. The van der Waals surface area contributed by atoms with Gasteiger partial charge in [-0.3, -0.25) is 0 Å². The molecule has 0 aliphatic rings. The topological polar surface area (TPSA) is 78.3 Å². The smallest absolute Gasteiger partial charge is 0.340 e. The van der Waals surface area contributed by atoms with Gasteiger partial charge < -0.3 is 4.74 Å². The first-order valence-electron chi connectivity index (χ1n) is 7.60. The number of carbonyl (C=O) groups is 1. The fourth-order valence-electron chi connectivity index (χ4n) is 2.28. The van der Waals surface area contributed by atoms with Gasteiger partial charge in [0.25, 0.3) is 0 Å². The number of aromatic nitrogens is 2. The van der Waals surface area contributed by atoms with Crippen molar-refractivity contribution in [3.63, 3.8) is 0 Å². The monoisotopic (exact) mass is 390 g/mol. The van der Waals surface area contributed by atoms with Crippen molar-refractivity contribution in [3.8, 4) is 5.69 Å². The molecule has 0 bridgehead atoms. The summed E-state index contributed by atoms with van der Waals surface area (Å²) in [6.45, 7) is 0.0393. The molecule has 26 heavy (non-hydrogen) atoms. The molecular formula is C18H15ClN2O4S. The molecule has 134 valence electrons. The summed E-state index contributed by atoms with van der Waals surface area (Å²) in [7, 11) is -3.44. The Hall–Kier alpha value is -2.64. The van der Waals surface area contributed by atoms with E-state index in [1.54, 1.807) is 10.9 Å². The summed E-state index contributed by atoms with van der Waals surface area (Å²) in [5.74, 6) is -0.684. The van der Waals surface area contributed by atoms with Crippen molar-refractivity contribution in [3.05, 3.63) is 77.1 Å². The number of rotatable bonds is 5. The first kappa shape index (κ1) is 18.2. The number of hydrogen-bond acceptors (Lipinski definition) is 5. The molecule has 0 aliphatic heterocycles. The highest BCUT2D eigenvalue weighted by molar-refractivity contribution is 7.90. The van der Waals surface area contributed by atoms with Crippen LogP contribution in [0.25, 0.3) is 5.69 Å². The first-order valence-corrected chi connectivity index (χ1v) is 9.87. The highest BCUT2D eigenvalue weighted by atomic mass is 35.5. The number of benzene rings is 2. The minimum Gasteiger partial charge on any atom is -0.457 e. The van der Waals surface area contributed by atoms with Crippen molar-refractivity contribution in [2.45, 2.75) is 11.5 Å². The molecule has 0 aliphatic carbocycles. The van der Waals surface area contributed by atoms with E-state index in [9.17, 15) is 13.2 Å². The standard InChI is InChI=1S/C18H15ClN2O4S/c1-26(23,24)15-7-8-17(19)16(11-15)18(22)25-12-13-3-5-14(6-4-13)21-10-2-9-20-21/h2-11H,12H2,1H3. The van der Waals surface area contributed by atoms with Crippen LogP contribution in [-0.2, 0) is 21.2 Å². The number of esters is 1. The lowest BCUT2D eigenvalue weighted by Gasteiger charge is -2.09. The van der Waals surface area contributed by atoms with Crippen molar-refractivity contribution >= 4 is 27.4 Å². The maximum atomic E-state index is 12.3. The normalized spacial score (nSPS) is 11.3. The molecule has 3 aromatic rings. The van der Waals surface area contributed by atoms with Crippen LogP contribution in [-0.4, -0.2) is 30.4 Å². The minimum atomic E-state index is -3.44. The molecule has 6 nitrogen and oxygen atoms in total. The highest BCUT2D eigenvalue weighted by Gasteiger charge is 2.16. The summed E-state index contributed by atoms with van der Waals surface area (Å²) in [6, 6.07) is 13.1. The van der Waals surface area contributed by atoms with E-state index >= 15 is 0 Å². The van der Waals surface area contributed by atoms with E-state index in [1.165, 1.54) is 18.2 Å². The fraction of sp³-hybridized carbons (Fsp3) is 0.111. The van der Waals surface area contributed by atoms with Gasteiger partial charge in [-0.2, -0.15) is 5.10 Å². The third-order valence-electron chi connectivity index (χ3n) is 3.66. The van der Waals surface area contributed by atoms with Crippen molar-refractivity contribution in [1.82, 2.24) is 9.78 Å². The van der Waals surface area contributed by atoms with Gasteiger partial charge in [0.2, 0.25) is 0 Å². The van der Waals surface area contributed by atoms with Crippen LogP contribution in [0.15, 0.2) is 65.8 Å². The van der Waals surface area contributed by atoms with Crippen LogP contribution in [0.2, 0.25) is 5.02 Å². The Kier molecular flexibility index (Phi) is 5.11. The van der Waals surface area contributed by atoms with Gasteiger partial charge in [-0.1, -0.05) is 23.7 Å². The lowest BCUT2D eigenvalue weighted by atomic mass is 10.2. The predicted octanol–water partition coefficient (Wildman–Crippen LogP) is 3.29. The number of nitrogens with zero attached hydrogens (tertiary/aromatic N) is 2. The maximum absolute atomic E-state index is 12.3. The van der Waals surface area contributed by atoms with E-state index in [2.05, 4.69) is 5.10 Å². The van der Waals surface area contributed by atoms with Crippen molar-refractivity contribution in [2.24, 2.45) is 0 Å². The largest absolute Gasteiger partial charge is 0.457 e. The average Bonchev–Trinajstić information content (AvgIpc) is 3.14. The first-order chi connectivity index (χ1) is 12.3. The zero-order valence-corrected chi connectivity index (χ0v) is 15.4. The molecular weight excluding hydrogens is 376 g/mol. The number of ether oxygens (including phenoxy) is 1. The van der Waals surface area contributed by atoms with Gasteiger partial charge >= 0.3 is 5.97 Å². The van der Waals surface area contributed by atoms with Crippen molar-refractivity contribution < 1.29 is 17.9 Å². The van der Waals surface area contributed by atoms with Gasteiger partial charge in [0.1, 0.15) is 6.61 Å². The van der Waals surface area contributed by atoms with Crippen LogP contribution in [0, 0.1) is 0 Å². The van der Waals surface area contributed by atoms with Crippen LogP contribution in [0.4, 0.5) is 0 Å². The molecule has 0 spiro atoms. The molecule has 3 rings (SSSR count). The lowest BCUT2D eigenvalue weighted by molar-refractivity contribution is 0.0472. The van der Waals surface area contributed by atoms with Gasteiger partial charge in [0.05, 0.1) is 21.2 Å². The molecule has 0 fully saturated rings. The van der Waals surface area contributed by atoms with E-state index in [0.29, 0.717) is 0 Å². The van der Waals surface area contributed by atoms with Crippen LogP contribution in [0.3, 0.4) is 0 Å². The predicted molar refractivity (Wildman–Crippen MR) is 97.2 cm³/mol. The minimum absolute atomic E-state index is 0.0115. The van der Waals surface area contributed by atoms with E-state index in [4.69, 9.17) is 16.3 Å². The second-order valence-electron chi connectivity index (χ2n) is 5.61. The quantitative estimate of drug-likeness (QED) is 0.624. The second kappa shape index (κ2) is 7.31. The van der Waals surface area contributed by atoms with Gasteiger partial charge in [-0.25, -0.2) is 17.9 Å². The van der Waals surface area contributed by atoms with Crippen LogP contribution in [0.1, 0.15) is 15.9 Å². The third kappa shape index (κ3) is 4.12. The Bertz CT molecular complexity index is 1030. The summed E-state index contributed by atoms with van der Waals surface area (Å²) < 4.78 is 30.2. The summed E-state index contributed by atoms with van der Waals surface area (Å²) in [6.07, 6.45) is 4.57. The van der Waals surface area contributed by atoms with E-state index in [1.807, 2.05) is 36.5 Å². The summed E-state index contributed by atoms with van der Waals surface area (Å²) in [5, 5.41) is 4.27. The zero-order chi connectivity index (χ0) is 18.7. The molecule has 0 N–H and O–H groups in total. The van der Waals surface area contributed by atoms with Crippen molar-refractivity contribution in [2.75, 3.05) is 6.26 Å². The fourth-order valence-corrected chi connectivity index (χ4v) is 3.13. The third-order valence-corrected chi connectivity index (χ3v) is 5.10. The zero-order valence-electron chi connectivity index (χ0n) is 13.8. The molecule has 1 heterocycles. The Labute approximate surface area is 155 Å². The van der Waals surface area contributed by atoms with E-state index in [-0.39, 0.29) is 22.1 Å². The average molecular weight is 391 g/mol. The Morgan fingerprint density at radius 3 is 2.54 bits per heavy atom. The van der Waals surface area contributed by atoms with Crippen LogP contribution < -0.4 is 0 Å². The maximum Gasteiger partial charge on any atom is 0.340 e. The molecule has 2 aromatic carbocycles. The number of carbonyl (C=O) groups excluding carboxylic acids is 1. The van der Waals surface area contributed by atoms with Gasteiger partial charge in [-0.15, -0.1) is 0 Å². The summed E-state index contributed by atoms with van der Waals surface area (Å²) in [4.78, 5) is 12.3. The molecule has 0 atom stereocenters. The molecule has 0 radical (unpaired) electrons. The highest BCUT2D eigenvalue weighted by Crippen LogP contribution is 2.22. The van der Waals surface area contributed by atoms with Crippen LogP contribution in [0.5, 0.6) is 0 Å². The number of sulfone groups is 1. The van der Waals surface area contributed by atoms with E-state index < -0.39 is 15.8 Å². The SMILES string of the molecule is CS(=O)(=O)c1ccc(Cl)c(C(=O)OCc2ccc(-n3cccn3)cc2)c1. The number of hydrogen-bond donors (Lipinski definition) is 0. The molecule has 0 unspecified atom stereocenters. The Morgan fingerprint density at radius 1 is 1.19 bits per heavy atom. The van der Waals surface area contributed by atoms with Gasteiger partial charge in [0.15, 0.2) is 9.84 Å². The molecule has 0 saturated heterocycles. The van der Waals surface area contributed by atoms with Crippen LogP contribution >= 0.6 is 11.6 Å². The second-order valence-corrected chi connectivity index (χ2v) is 8.03. The lowest BCUT2D eigenvalue weighted by Crippen LogP contribution is -2.08. The summed E-state index contributed by atoms with van der Waals surface area (Å²) >= 11 is 6.00. The summed E-state index contributed by atoms with van der Waals surface area (Å²) in [5.41, 5.74) is 1.68. The van der Waals surface area contributed by atoms with Crippen molar-refractivity contribution in [1.29, 1.82) is 0 Å². The van der Waals surface area contributed by atoms with E-state index in [0.717, 1.165) is 17.5 Å². The Morgan fingerprint density at radius 2 is 1.92 bits per heavy atom. The molecule has 1 aromatic heterocycles.